The third kappa shape index (κ3) is 4.85. The minimum atomic E-state index is -0.754. The van der Waals surface area contributed by atoms with E-state index in [1.54, 1.807) is 31.2 Å². The molecule has 0 heterocycles. The fraction of sp³-hybridized carbons (Fsp3) is 0.188. The van der Waals surface area contributed by atoms with Crippen molar-refractivity contribution in [2.75, 3.05) is 11.9 Å². The minimum Gasteiger partial charge on any atom is -0.489 e. The minimum absolute atomic E-state index is 0.0392. The molecule has 0 spiro atoms. The number of amides is 1. The van der Waals surface area contributed by atoms with Gasteiger partial charge in [0, 0.05) is 5.02 Å². The van der Waals surface area contributed by atoms with Gasteiger partial charge in [-0.25, -0.2) is 4.79 Å². The van der Waals surface area contributed by atoms with Crippen molar-refractivity contribution in [1.82, 2.24) is 0 Å². The number of halogens is 1. The van der Waals surface area contributed by atoms with Crippen molar-refractivity contribution in [1.29, 1.82) is 0 Å². The number of hydrogen-bond donors (Lipinski definition) is 1. The monoisotopic (exact) mass is 350 g/mol. The summed E-state index contributed by atoms with van der Waals surface area (Å²) in [6, 6.07) is 11.2. The van der Waals surface area contributed by atoms with E-state index < -0.39 is 11.0 Å². The predicted molar refractivity (Wildman–Crippen MR) is 89.5 cm³/mol. The van der Waals surface area contributed by atoms with Crippen molar-refractivity contribution in [3.05, 3.63) is 63.2 Å². The molecule has 0 aliphatic carbocycles. The van der Waals surface area contributed by atoms with Gasteiger partial charge >= 0.3 is 6.09 Å². The van der Waals surface area contributed by atoms with E-state index in [4.69, 9.17) is 21.1 Å². The smallest absolute Gasteiger partial charge is 0.411 e. The van der Waals surface area contributed by atoms with Crippen molar-refractivity contribution in [3.8, 4) is 5.75 Å². The summed E-state index contributed by atoms with van der Waals surface area (Å²) in [4.78, 5) is 22.0. The molecule has 0 fully saturated rings. The molecule has 24 heavy (non-hydrogen) atoms. The number of nitrogens with one attached hydrogen (secondary N) is 1. The van der Waals surface area contributed by atoms with Crippen LogP contribution >= 0.6 is 11.6 Å². The zero-order valence-corrected chi connectivity index (χ0v) is 13.6. The van der Waals surface area contributed by atoms with Gasteiger partial charge in [0.15, 0.2) is 0 Å². The summed E-state index contributed by atoms with van der Waals surface area (Å²) >= 11 is 5.81. The zero-order chi connectivity index (χ0) is 17.5. The van der Waals surface area contributed by atoms with E-state index in [0.29, 0.717) is 10.8 Å². The maximum absolute atomic E-state index is 11.4. The van der Waals surface area contributed by atoms with Crippen LogP contribution in [0.1, 0.15) is 12.5 Å². The highest BCUT2D eigenvalue weighted by atomic mass is 35.5. The maximum atomic E-state index is 11.4. The van der Waals surface area contributed by atoms with Gasteiger partial charge in [-0.3, -0.25) is 15.4 Å². The van der Waals surface area contributed by atoms with Crippen molar-refractivity contribution in [2.24, 2.45) is 0 Å². The maximum Gasteiger partial charge on any atom is 0.411 e. The molecule has 1 N–H and O–H groups in total. The number of carbonyl (C=O) groups excluding carboxylic acids is 1. The highest BCUT2D eigenvalue weighted by molar-refractivity contribution is 6.30. The van der Waals surface area contributed by atoms with Crippen molar-refractivity contribution >= 4 is 29.1 Å². The van der Waals surface area contributed by atoms with Gasteiger partial charge in [0.05, 0.1) is 17.6 Å². The van der Waals surface area contributed by atoms with Gasteiger partial charge < -0.3 is 9.47 Å². The molecule has 2 rings (SSSR count). The van der Waals surface area contributed by atoms with Crippen LogP contribution in [0.2, 0.25) is 5.02 Å². The van der Waals surface area contributed by atoms with Crippen LogP contribution in [0.5, 0.6) is 5.75 Å². The van der Waals surface area contributed by atoms with Crippen LogP contribution in [0.25, 0.3) is 0 Å². The largest absolute Gasteiger partial charge is 0.489 e. The molecule has 2 aromatic carbocycles. The van der Waals surface area contributed by atoms with Gasteiger partial charge in [-0.05, 0) is 36.8 Å². The highest BCUT2D eigenvalue weighted by Gasteiger charge is 2.17. The number of nitrogens with zero attached hydrogens (tertiary/aromatic N) is 1. The molecule has 0 radical (unpaired) electrons. The molecule has 0 saturated carbocycles. The van der Waals surface area contributed by atoms with E-state index >= 15 is 0 Å². The Kier molecular flexibility index (Phi) is 5.97. The fourth-order valence-corrected chi connectivity index (χ4v) is 2.01. The summed E-state index contributed by atoms with van der Waals surface area (Å²) in [6.07, 6.45) is -0.754. The van der Waals surface area contributed by atoms with Crippen LogP contribution in [0.15, 0.2) is 42.5 Å². The van der Waals surface area contributed by atoms with Gasteiger partial charge in [-0.15, -0.1) is 0 Å². The zero-order valence-electron chi connectivity index (χ0n) is 12.8. The molecule has 0 aliphatic heterocycles. The Labute approximate surface area is 143 Å². The van der Waals surface area contributed by atoms with E-state index in [1.807, 2.05) is 0 Å². The number of nitro groups is 1. The van der Waals surface area contributed by atoms with Crippen molar-refractivity contribution in [3.63, 3.8) is 0 Å². The first-order chi connectivity index (χ1) is 11.5. The Morgan fingerprint density at radius 2 is 1.96 bits per heavy atom. The van der Waals surface area contributed by atoms with Gasteiger partial charge in [0.25, 0.3) is 5.69 Å². The van der Waals surface area contributed by atoms with Gasteiger partial charge in [0.1, 0.15) is 18.0 Å². The number of nitro benzene ring substituents is 1. The van der Waals surface area contributed by atoms with E-state index in [1.165, 1.54) is 18.2 Å². The summed E-state index contributed by atoms with van der Waals surface area (Å²) in [6.45, 7) is 2.04. The molecule has 126 valence electrons. The third-order valence-corrected chi connectivity index (χ3v) is 3.25. The van der Waals surface area contributed by atoms with Crippen molar-refractivity contribution < 1.29 is 19.2 Å². The number of hydrogen-bond acceptors (Lipinski definition) is 5. The molecule has 0 atom stereocenters. The average Bonchev–Trinajstić information content (AvgIpc) is 2.55. The van der Waals surface area contributed by atoms with E-state index in [0.717, 1.165) is 5.56 Å². The lowest BCUT2D eigenvalue weighted by Gasteiger charge is -2.09. The summed E-state index contributed by atoms with van der Waals surface area (Å²) < 4.78 is 10.2. The molecular formula is C16H15ClN2O5. The molecule has 8 heteroatoms. The molecular weight excluding hydrogens is 336 g/mol. The Hall–Kier alpha value is -2.80. The lowest BCUT2D eigenvalue weighted by atomic mass is 10.2. The topological polar surface area (TPSA) is 90.7 Å². The normalized spacial score (nSPS) is 10.1. The lowest BCUT2D eigenvalue weighted by molar-refractivity contribution is -0.384. The van der Waals surface area contributed by atoms with Crippen LogP contribution in [0.4, 0.5) is 16.2 Å². The summed E-state index contributed by atoms with van der Waals surface area (Å²) in [7, 11) is 0. The fourth-order valence-electron chi connectivity index (χ4n) is 1.88. The SMILES string of the molecule is CCOC(=O)Nc1ccc(OCc2ccc(Cl)cc2)cc1[N+](=O)[O-]. The number of benzene rings is 2. The van der Waals surface area contributed by atoms with E-state index in [2.05, 4.69) is 5.32 Å². The van der Waals surface area contributed by atoms with E-state index in [-0.39, 0.29) is 24.6 Å². The highest BCUT2D eigenvalue weighted by Crippen LogP contribution is 2.29. The van der Waals surface area contributed by atoms with Gasteiger partial charge in [0.2, 0.25) is 0 Å². The molecule has 0 unspecified atom stereocenters. The summed E-state index contributed by atoms with van der Waals surface area (Å²) in [5.41, 5.74) is 0.629. The van der Waals surface area contributed by atoms with Crippen LogP contribution in [-0.4, -0.2) is 17.6 Å². The van der Waals surface area contributed by atoms with Crippen LogP contribution < -0.4 is 10.1 Å². The van der Waals surface area contributed by atoms with Crippen LogP contribution in [0.3, 0.4) is 0 Å². The first-order valence-corrected chi connectivity index (χ1v) is 7.47. The molecule has 0 aliphatic rings. The third-order valence-electron chi connectivity index (χ3n) is 3.00. The average molecular weight is 351 g/mol. The summed E-state index contributed by atoms with van der Waals surface area (Å²) in [5.74, 6) is 0.311. The molecule has 7 nitrogen and oxygen atoms in total. The van der Waals surface area contributed by atoms with Gasteiger partial charge in [-0.1, -0.05) is 23.7 Å². The molecule has 0 saturated heterocycles. The number of rotatable bonds is 6. The van der Waals surface area contributed by atoms with Crippen LogP contribution in [0, 0.1) is 10.1 Å². The Bertz CT molecular complexity index is 734. The second-order valence-electron chi connectivity index (χ2n) is 4.70. The number of anilines is 1. The quantitative estimate of drug-likeness (QED) is 0.616. The number of carbonyl (C=O) groups is 1. The molecule has 0 bridgehead atoms. The van der Waals surface area contributed by atoms with E-state index in [9.17, 15) is 14.9 Å². The first kappa shape index (κ1) is 17.6. The summed E-state index contributed by atoms with van der Waals surface area (Å²) in [5, 5.41) is 14.1. The molecule has 2 aromatic rings. The predicted octanol–water partition coefficient (Wildman–Crippen LogP) is 4.40. The first-order valence-electron chi connectivity index (χ1n) is 7.09. The van der Waals surface area contributed by atoms with Crippen molar-refractivity contribution in [2.45, 2.75) is 13.5 Å². The molecule has 1 amide bonds. The lowest BCUT2D eigenvalue weighted by Crippen LogP contribution is -2.14. The second kappa shape index (κ2) is 8.16. The standard InChI is InChI=1S/C16H15ClN2O5/c1-2-23-16(20)18-14-8-7-13(9-15(14)19(21)22)24-10-11-3-5-12(17)6-4-11/h3-9H,2,10H2,1H3,(H,18,20). The second-order valence-corrected chi connectivity index (χ2v) is 5.13. The number of ether oxygens (including phenoxy) is 2. The Morgan fingerprint density at radius 1 is 1.25 bits per heavy atom. The Morgan fingerprint density at radius 3 is 2.58 bits per heavy atom. The van der Waals surface area contributed by atoms with Gasteiger partial charge in [-0.2, -0.15) is 0 Å². The molecule has 0 aromatic heterocycles. The van der Waals surface area contributed by atoms with Crippen LogP contribution in [-0.2, 0) is 11.3 Å². The Balaban J connectivity index is 2.11.